The van der Waals surface area contributed by atoms with Gasteiger partial charge in [0.15, 0.2) is 0 Å². The molecule has 31 heavy (non-hydrogen) atoms. The van der Waals surface area contributed by atoms with E-state index < -0.39 is 10.0 Å². The van der Waals surface area contributed by atoms with Gasteiger partial charge >= 0.3 is 0 Å². The molecule has 0 aliphatic rings. The molecule has 0 unspecified atom stereocenters. The zero-order valence-corrected chi connectivity index (χ0v) is 20.2. The van der Waals surface area contributed by atoms with Crippen LogP contribution in [0.3, 0.4) is 0 Å². The first-order valence-corrected chi connectivity index (χ1v) is 12.1. The van der Waals surface area contributed by atoms with Crippen molar-refractivity contribution < 1.29 is 13.2 Å². The van der Waals surface area contributed by atoms with Crippen LogP contribution < -0.4 is 4.90 Å². The van der Waals surface area contributed by atoms with Gasteiger partial charge in [-0.25, -0.2) is 8.42 Å². The lowest BCUT2D eigenvalue weighted by molar-refractivity contribution is -0.118. The maximum atomic E-state index is 13.4. The Morgan fingerprint density at radius 1 is 0.903 bits per heavy atom. The van der Waals surface area contributed by atoms with Gasteiger partial charge in [-0.05, 0) is 66.9 Å². The number of amides is 1. The molecule has 3 aromatic carbocycles. The normalized spacial score (nSPS) is 11.5. The van der Waals surface area contributed by atoms with E-state index >= 15 is 0 Å². The van der Waals surface area contributed by atoms with E-state index in [1.54, 1.807) is 19.2 Å². The number of carbonyl (C=O) groups excluding carboxylic acids is 1. The number of anilines is 1. The van der Waals surface area contributed by atoms with E-state index in [1.165, 1.54) is 21.3 Å². The third-order valence-electron chi connectivity index (χ3n) is 5.22. The van der Waals surface area contributed by atoms with Crippen molar-refractivity contribution in [1.82, 2.24) is 4.31 Å². The molecule has 0 saturated heterocycles. The van der Waals surface area contributed by atoms with Gasteiger partial charge in [0.05, 0.1) is 11.4 Å². The van der Waals surface area contributed by atoms with Gasteiger partial charge in [-0.1, -0.05) is 52.3 Å². The molecule has 0 fully saturated rings. The fourth-order valence-electron chi connectivity index (χ4n) is 3.10. The standard InChI is InChI=1S/C24H25BrN2O3S/c1-18-9-12-22(15-19(18)2)26(3)24(28)17-27(16-20-7-5-4-6-8-20)31(29,30)23-13-10-21(25)11-14-23/h4-15H,16-17H2,1-3H3. The molecule has 7 heteroatoms. The maximum absolute atomic E-state index is 13.4. The summed E-state index contributed by atoms with van der Waals surface area (Å²) < 4.78 is 28.8. The second kappa shape index (κ2) is 9.77. The van der Waals surface area contributed by atoms with Crippen molar-refractivity contribution in [3.63, 3.8) is 0 Å². The van der Waals surface area contributed by atoms with Gasteiger partial charge in [0.25, 0.3) is 0 Å². The molecule has 0 spiro atoms. The molecule has 0 atom stereocenters. The first-order valence-electron chi connectivity index (χ1n) is 9.82. The third-order valence-corrected chi connectivity index (χ3v) is 7.55. The Balaban J connectivity index is 1.91. The van der Waals surface area contributed by atoms with Crippen molar-refractivity contribution in [2.75, 3.05) is 18.5 Å². The molecule has 3 aromatic rings. The first kappa shape index (κ1) is 23.2. The lowest BCUT2D eigenvalue weighted by atomic mass is 10.1. The summed E-state index contributed by atoms with van der Waals surface area (Å²) in [5.41, 5.74) is 3.74. The van der Waals surface area contributed by atoms with Gasteiger partial charge < -0.3 is 4.90 Å². The molecule has 0 radical (unpaired) electrons. The fraction of sp³-hybridized carbons (Fsp3) is 0.208. The number of carbonyl (C=O) groups is 1. The van der Waals surface area contributed by atoms with Crippen LogP contribution in [-0.2, 0) is 21.4 Å². The van der Waals surface area contributed by atoms with Crippen molar-refractivity contribution in [1.29, 1.82) is 0 Å². The van der Waals surface area contributed by atoms with Crippen LogP contribution in [0.15, 0.2) is 82.2 Å². The molecule has 1 amide bonds. The zero-order chi connectivity index (χ0) is 22.6. The Labute approximate surface area is 192 Å². The van der Waals surface area contributed by atoms with E-state index in [9.17, 15) is 13.2 Å². The van der Waals surface area contributed by atoms with Crippen molar-refractivity contribution >= 4 is 37.5 Å². The number of halogens is 1. The highest BCUT2D eigenvalue weighted by atomic mass is 79.9. The molecule has 0 heterocycles. The Morgan fingerprint density at radius 2 is 1.55 bits per heavy atom. The summed E-state index contributed by atoms with van der Waals surface area (Å²) in [5.74, 6) is -0.306. The quantitative estimate of drug-likeness (QED) is 0.462. The Hall–Kier alpha value is -2.48. The van der Waals surface area contributed by atoms with Gasteiger partial charge in [0.1, 0.15) is 0 Å². The molecule has 0 bridgehead atoms. The molecule has 5 nitrogen and oxygen atoms in total. The minimum atomic E-state index is -3.88. The van der Waals surface area contributed by atoms with Crippen LogP contribution in [-0.4, -0.2) is 32.2 Å². The van der Waals surface area contributed by atoms with Crippen LogP contribution in [0.25, 0.3) is 0 Å². The van der Waals surface area contributed by atoms with Gasteiger partial charge in [-0.3, -0.25) is 4.79 Å². The van der Waals surface area contributed by atoms with Crippen LogP contribution in [0.4, 0.5) is 5.69 Å². The lowest BCUT2D eigenvalue weighted by Crippen LogP contribution is -2.41. The van der Waals surface area contributed by atoms with Crippen LogP contribution in [0.1, 0.15) is 16.7 Å². The lowest BCUT2D eigenvalue weighted by Gasteiger charge is -2.25. The highest BCUT2D eigenvalue weighted by Crippen LogP contribution is 2.22. The summed E-state index contributed by atoms with van der Waals surface area (Å²) in [7, 11) is -2.21. The van der Waals surface area contributed by atoms with Crippen LogP contribution in [0.2, 0.25) is 0 Å². The fourth-order valence-corrected chi connectivity index (χ4v) is 4.75. The third kappa shape index (κ3) is 5.61. The smallest absolute Gasteiger partial charge is 0.243 e. The number of hydrogen-bond acceptors (Lipinski definition) is 3. The number of nitrogens with zero attached hydrogens (tertiary/aromatic N) is 2. The van der Waals surface area contributed by atoms with Gasteiger partial charge in [0.2, 0.25) is 15.9 Å². The van der Waals surface area contributed by atoms with Gasteiger partial charge in [0, 0.05) is 23.8 Å². The first-order chi connectivity index (χ1) is 14.7. The largest absolute Gasteiger partial charge is 0.314 e. The maximum Gasteiger partial charge on any atom is 0.243 e. The van der Waals surface area contributed by atoms with E-state index in [2.05, 4.69) is 15.9 Å². The molecule has 0 aromatic heterocycles. The van der Waals surface area contributed by atoms with E-state index in [4.69, 9.17) is 0 Å². The Kier molecular flexibility index (Phi) is 7.30. The average Bonchev–Trinajstić information content (AvgIpc) is 2.75. The zero-order valence-electron chi connectivity index (χ0n) is 17.7. The van der Waals surface area contributed by atoms with Crippen molar-refractivity contribution in [2.24, 2.45) is 0 Å². The van der Waals surface area contributed by atoms with E-state index in [0.29, 0.717) is 0 Å². The van der Waals surface area contributed by atoms with Crippen molar-refractivity contribution in [2.45, 2.75) is 25.3 Å². The second-order valence-corrected chi connectivity index (χ2v) is 10.3. The van der Waals surface area contributed by atoms with E-state index in [1.807, 2.05) is 62.4 Å². The Bertz CT molecular complexity index is 1160. The summed E-state index contributed by atoms with van der Waals surface area (Å²) in [6, 6.07) is 21.4. The molecule has 162 valence electrons. The molecule has 0 aliphatic carbocycles. The van der Waals surface area contributed by atoms with Crippen LogP contribution in [0, 0.1) is 13.8 Å². The number of benzene rings is 3. The van der Waals surface area contributed by atoms with Crippen LogP contribution in [0.5, 0.6) is 0 Å². The molecule has 0 aliphatic heterocycles. The number of sulfonamides is 1. The molecular formula is C24H25BrN2O3S. The highest BCUT2D eigenvalue weighted by molar-refractivity contribution is 9.10. The number of hydrogen-bond donors (Lipinski definition) is 0. The van der Waals surface area contributed by atoms with Crippen molar-refractivity contribution in [3.8, 4) is 0 Å². The number of likely N-dealkylation sites (N-methyl/N-ethyl adjacent to an activating group) is 1. The SMILES string of the molecule is Cc1ccc(N(C)C(=O)CN(Cc2ccccc2)S(=O)(=O)c2ccc(Br)cc2)cc1C. The average molecular weight is 501 g/mol. The minimum Gasteiger partial charge on any atom is -0.314 e. The minimum absolute atomic E-state index is 0.103. The monoisotopic (exact) mass is 500 g/mol. The topological polar surface area (TPSA) is 57.7 Å². The summed E-state index contributed by atoms with van der Waals surface area (Å²) in [4.78, 5) is 14.7. The van der Waals surface area contributed by atoms with Crippen LogP contribution >= 0.6 is 15.9 Å². The summed E-state index contributed by atoms with van der Waals surface area (Å²) >= 11 is 3.33. The molecule has 0 N–H and O–H groups in total. The molecular weight excluding hydrogens is 476 g/mol. The molecule has 0 saturated carbocycles. The van der Waals surface area contributed by atoms with E-state index in [-0.39, 0.29) is 23.9 Å². The van der Waals surface area contributed by atoms with E-state index in [0.717, 1.165) is 26.9 Å². The predicted octanol–water partition coefficient (Wildman–Crippen LogP) is 4.92. The highest BCUT2D eigenvalue weighted by Gasteiger charge is 2.28. The number of aryl methyl sites for hydroxylation is 2. The second-order valence-electron chi connectivity index (χ2n) is 7.43. The summed E-state index contributed by atoms with van der Waals surface area (Å²) in [6.07, 6.45) is 0. The van der Waals surface area contributed by atoms with Gasteiger partial charge in [-0.2, -0.15) is 4.31 Å². The Morgan fingerprint density at radius 3 is 2.16 bits per heavy atom. The summed E-state index contributed by atoms with van der Waals surface area (Å²) in [6.45, 7) is 3.83. The van der Waals surface area contributed by atoms with Gasteiger partial charge in [-0.15, -0.1) is 0 Å². The molecule has 3 rings (SSSR count). The summed E-state index contributed by atoms with van der Waals surface area (Å²) in [5, 5.41) is 0. The number of rotatable bonds is 7. The predicted molar refractivity (Wildman–Crippen MR) is 128 cm³/mol. The van der Waals surface area contributed by atoms with Crippen molar-refractivity contribution in [3.05, 3.63) is 94.0 Å².